The molecule has 0 saturated carbocycles. The quantitative estimate of drug-likeness (QED) is 0.277. The number of hydrogen-bond donors (Lipinski definition) is 0. The van der Waals surface area contributed by atoms with Gasteiger partial charge in [0, 0.05) is 5.56 Å². The number of rotatable bonds is 9. The molecule has 0 bridgehead atoms. The highest BCUT2D eigenvalue weighted by Gasteiger charge is 2.21. The smallest absolute Gasteiger partial charge is 0.260 e. The van der Waals surface area contributed by atoms with E-state index in [1.165, 1.54) is 17.8 Å². The van der Waals surface area contributed by atoms with Gasteiger partial charge in [0.15, 0.2) is 5.13 Å². The first kappa shape index (κ1) is 21.1. The average molecular weight is 431 g/mol. The van der Waals surface area contributed by atoms with Crippen LogP contribution in [0.15, 0.2) is 78.9 Å². The molecule has 0 aliphatic heterocycles. The minimum atomic E-state index is -0.0690. The molecule has 0 N–H and O–H groups in total. The van der Waals surface area contributed by atoms with E-state index in [1.54, 1.807) is 4.90 Å². The van der Waals surface area contributed by atoms with E-state index in [9.17, 15) is 4.79 Å². The number of fused-ring (bicyclic) bond motifs is 1. The van der Waals surface area contributed by atoms with E-state index < -0.39 is 0 Å². The molecule has 4 nitrogen and oxygen atoms in total. The fraction of sp³-hybridized carbons (Fsp3) is 0.231. The molecule has 0 saturated heterocycles. The number of para-hydroxylation sites is 1. The highest BCUT2D eigenvalue weighted by atomic mass is 32.1. The van der Waals surface area contributed by atoms with E-state index in [-0.39, 0.29) is 5.91 Å². The summed E-state index contributed by atoms with van der Waals surface area (Å²) in [5.41, 5.74) is 2.59. The predicted molar refractivity (Wildman–Crippen MR) is 128 cm³/mol. The van der Waals surface area contributed by atoms with E-state index in [0.29, 0.717) is 23.8 Å². The second-order valence-electron chi connectivity index (χ2n) is 7.42. The van der Waals surface area contributed by atoms with Gasteiger partial charge in [-0.25, -0.2) is 4.98 Å². The molecule has 158 valence electrons. The Morgan fingerprint density at radius 3 is 2.42 bits per heavy atom. The van der Waals surface area contributed by atoms with Gasteiger partial charge in [0.25, 0.3) is 5.91 Å². The standard InChI is InChI=1S/C26H26N2O2S/c1-2-3-9-18-30-22-16-14-21(15-17-22)25(29)28(19-20-10-5-4-6-11-20)26-27-23-12-7-8-13-24(23)31-26/h4-8,10-17H,2-3,9,18-19H2,1H3. The maximum absolute atomic E-state index is 13.5. The molecule has 1 heterocycles. The van der Waals surface area contributed by atoms with Crippen LogP contribution in [-0.2, 0) is 6.54 Å². The van der Waals surface area contributed by atoms with Gasteiger partial charge in [0.1, 0.15) is 5.75 Å². The third-order valence-corrected chi connectivity index (χ3v) is 6.12. The van der Waals surface area contributed by atoms with E-state index in [4.69, 9.17) is 9.72 Å². The Balaban J connectivity index is 1.57. The van der Waals surface area contributed by atoms with Gasteiger partial charge in [-0.05, 0) is 48.4 Å². The van der Waals surface area contributed by atoms with Crippen molar-refractivity contribution in [2.75, 3.05) is 11.5 Å². The Bertz CT molecular complexity index is 1090. The van der Waals surface area contributed by atoms with Crippen LogP contribution in [0.4, 0.5) is 5.13 Å². The largest absolute Gasteiger partial charge is 0.494 e. The zero-order valence-electron chi connectivity index (χ0n) is 17.7. The van der Waals surface area contributed by atoms with Crippen molar-refractivity contribution in [1.29, 1.82) is 0 Å². The summed E-state index contributed by atoms with van der Waals surface area (Å²) in [6.45, 7) is 3.34. The SMILES string of the molecule is CCCCCOc1ccc(C(=O)N(Cc2ccccc2)c2nc3ccccc3s2)cc1. The number of benzene rings is 3. The molecule has 0 fully saturated rings. The van der Waals surface area contributed by atoms with Gasteiger partial charge in [-0.15, -0.1) is 0 Å². The molecule has 0 unspecified atom stereocenters. The van der Waals surface area contributed by atoms with Gasteiger partial charge in [-0.3, -0.25) is 9.69 Å². The van der Waals surface area contributed by atoms with Crippen LogP contribution in [0.5, 0.6) is 5.75 Å². The van der Waals surface area contributed by atoms with Crippen molar-refractivity contribution in [3.05, 3.63) is 90.0 Å². The molecule has 0 aliphatic carbocycles. The molecule has 0 aliphatic rings. The van der Waals surface area contributed by atoms with Crippen LogP contribution in [-0.4, -0.2) is 17.5 Å². The van der Waals surface area contributed by atoms with Gasteiger partial charge in [-0.1, -0.05) is 73.6 Å². The molecular weight excluding hydrogens is 404 g/mol. The molecule has 1 amide bonds. The lowest BCUT2D eigenvalue weighted by Gasteiger charge is -2.20. The van der Waals surface area contributed by atoms with E-state index >= 15 is 0 Å². The number of anilines is 1. The maximum atomic E-state index is 13.5. The Labute approximate surface area is 187 Å². The summed E-state index contributed by atoms with van der Waals surface area (Å²) in [6.07, 6.45) is 3.37. The highest BCUT2D eigenvalue weighted by molar-refractivity contribution is 7.22. The van der Waals surface area contributed by atoms with Crippen molar-refractivity contribution in [2.24, 2.45) is 0 Å². The number of nitrogens with zero attached hydrogens (tertiary/aromatic N) is 2. The fourth-order valence-electron chi connectivity index (χ4n) is 3.36. The molecule has 4 rings (SSSR count). The third-order valence-electron chi connectivity index (χ3n) is 5.06. The normalized spacial score (nSPS) is 10.9. The van der Waals surface area contributed by atoms with Gasteiger partial charge in [0.05, 0.1) is 23.4 Å². The van der Waals surface area contributed by atoms with Gasteiger partial charge < -0.3 is 4.74 Å². The van der Waals surface area contributed by atoms with Crippen LogP contribution < -0.4 is 9.64 Å². The van der Waals surface area contributed by atoms with Crippen molar-refractivity contribution in [1.82, 2.24) is 4.98 Å². The van der Waals surface area contributed by atoms with Crippen LogP contribution in [0.25, 0.3) is 10.2 Å². The zero-order chi connectivity index (χ0) is 21.5. The first-order chi connectivity index (χ1) is 15.2. The summed E-state index contributed by atoms with van der Waals surface area (Å²) in [5.74, 6) is 0.725. The predicted octanol–water partition coefficient (Wildman–Crippen LogP) is 6.71. The molecule has 0 radical (unpaired) electrons. The van der Waals surface area contributed by atoms with Crippen LogP contribution >= 0.6 is 11.3 Å². The number of carbonyl (C=O) groups excluding carboxylic acids is 1. The Morgan fingerprint density at radius 1 is 0.935 bits per heavy atom. The monoisotopic (exact) mass is 430 g/mol. The highest BCUT2D eigenvalue weighted by Crippen LogP contribution is 2.31. The molecule has 4 aromatic rings. The molecular formula is C26H26N2O2S. The lowest BCUT2D eigenvalue weighted by Crippen LogP contribution is -2.30. The van der Waals surface area contributed by atoms with Crippen LogP contribution in [0.3, 0.4) is 0 Å². The number of hydrogen-bond acceptors (Lipinski definition) is 4. The number of amides is 1. The Kier molecular flexibility index (Phi) is 6.95. The van der Waals surface area contributed by atoms with Crippen molar-refractivity contribution in [3.8, 4) is 5.75 Å². The molecule has 31 heavy (non-hydrogen) atoms. The number of thiazole rings is 1. The zero-order valence-corrected chi connectivity index (χ0v) is 18.5. The van der Waals surface area contributed by atoms with Crippen molar-refractivity contribution >= 4 is 32.6 Å². The number of carbonyl (C=O) groups is 1. The molecule has 0 spiro atoms. The van der Waals surface area contributed by atoms with E-state index in [1.807, 2.05) is 78.9 Å². The second-order valence-corrected chi connectivity index (χ2v) is 8.43. The van der Waals surface area contributed by atoms with E-state index in [2.05, 4.69) is 6.92 Å². The van der Waals surface area contributed by atoms with E-state index in [0.717, 1.165) is 34.4 Å². The van der Waals surface area contributed by atoms with Crippen molar-refractivity contribution in [3.63, 3.8) is 0 Å². The summed E-state index contributed by atoms with van der Waals surface area (Å²) in [4.78, 5) is 20.0. The summed E-state index contributed by atoms with van der Waals surface area (Å²) in [7, 11) is 0. The maximum Gasteiger partial charge on any atom is 0.260 e. The lowest BCUT2D eigenvalue weighted by atomic mass is 10.1. The molecule has 3 aromatic carbocycles. The van der Waals surface area contributed by atoms with Crippen LogP contribution in [0.1, 0.15) is 42.1 Å². The summed E-state index contributed by atoms with van der Waals surface area (Å²) in [5, 5.41) is 0.704. The minimum absolute atomic E-state index is 0.0690. The third kappa shape index (κ3) is 5.30. The number of unbranched alkanes of at least 4 members (excludes halogenated alkanes) is 2. The van der Waals surface area contributed by atoms with Crippen LogP contribution in [0, 0.1) is 0 Å². The number of aromatic nitrogens is 1. The number of ether oxygens (including phenoxy) is 1. The minimum Gasteiger partial charge on any atom is -0.494 e. The molecule has 0 atom stereocenters. The van der Waals surface area contributed by atoms with Gasteiger partial charge in [-0.2, -0.15) is 0 Å². The first-order valence-electron chi connectivity index (χ1n) is 10.7. The second kappa shape index (κ2) is 10.2. The lowest BCUT2D eigenvalue weighted by molar-refractivity contribution is 0.0985. The summed E-state index contributed by atoms with van der Waals surface area (Å²) in [6, 6.07) is 25.4. The van der Waals surface area contributed by atoms with Crippen molar-refractivity contribution < 1.29 is 9.53 Å². The van der Waals surface area contributed by atoms with Crippen molar-refractivity contribution in [2.45, 2.75) is 32.7 Å². The molecule has 1 aromatic heterocycles. The Morgan fingerprint density at radius 2 is 1.68 bits per heavy atom. The molecule has 5 heteroatoms. The average Bonchev–Trinajstić information content (AvgIpc) is 3.25. The Hall–Kier alpha value is -3.18. The fourth-order valence-corrected chi connectivity index (χ4v) is 4.32. The van der Waals surface area contributed by atoms with Gasteiger partial charge >= 0.3 is 0 Å². The summed E-state index contributed by atoms with van der Waals surface area (Å²) < 4.78 is 6.86. The topological polar surface area (TPSA) is 42.4 Å². The van der Waals surface area contributed by atoms with Gasteiger partial charge in [0.2, 0.25) is 0 Å². The first-order valence-corrected chi connectivity index (χ1v) is 11.5. The summed E-state index contributed by atoms with van der Waals surface area (Å²) >= 11 is 1.54. The van der Waals surface area contributed by atoms with Crippen LogP contribution in [0.2, 0.25) is 0 Å².